The number of nitrogens with one attached hydrogen (secondary N) is 1. The number of nitrogens with zero attached hydrogens (tertiary/aromatic N) is 1. The van der Waals surface area contributed by atoms with Crippen LogP contribution in [0.2, 0.25) is 0 Å². The Morgan fingerprint density at radius 1 is 1.32 bits per heavy atom. The van der Waals surface area contributed by atoms with Gasteiger partial charge in [-0.2, -0.15) is 0 Å². The van der Waals surface area contributed by atoms with Gasteiger partial charge in [0, 0.05) is 19.8 Å². The second-order valence-corrected chi connectivity index (χ2v) is 5.78. The van der Waals surface area contributed by atoms with E-state index in [1.54, 1.807) is 12.1 Å². The Morgan fingerprint density at radius 3 is 2.64 bits per heavy atom. The van der Waals surface area contributed by atoms with Gasteiger partial charge in [-0.15, -0.1) is 0 Å². The van der Waals surface area contributed by atoms with Crippen LogP contribution in [0.15, 0.2) is 24.3 Å². The fourth-order valence-corrected chi connectivity index (χ4v) is 2.66. The molecule has 1 aliphatic heterocycles. The van der Waals surface area contributed by atoms with Crippen LogP contribution in [0.25, 0.3) is 0 Å². The van der Waals surface area contributed by atoms with Crippen LogP contribution in [0.5, 0.6) is 0 Å². The van der Waals surface area contributed by atoms with E-state index in [4.69, 9.17) is 4.74 Å². The Bertz CT molecular complexity index is 456. The number of benzene rings is 1. The molecule has 2 rings (SSSR count). The second-order valence-electron chi connectivity index (χ2n) is 5.78. The van der Waals surface area contributed by atoms with Crippen molar-refractivity contribution in [2.75, 3.05) is 32.8 Å². The Labute approximate surface area is 131 Å². The molecule has 1 N–H and O–H groups in total. The summed E-state index contributed by atoms with van der Waals surface area (Å²) < 4.78 is 18.3. The number of carbonyl (C=O) groups excluding carboxylic acids is 1. The van der Waals surface area contributed by atoms with Crippen LogP contribution in [0.4, 0.5) is 4.39 Å². The standard InChI is InChI=1S/C17H25FN2O2/c1-2-22-13-15-7-9-20(10-8-15)12-17(21)19-11-14-3-5-16(18)6-4-14/h3-6,15H,2,7-13H2,1H3,(H,19,21). The molecule has 0 spiro atoms. The number of hydrogen-bond donors (Lipinski definition) is 1. The fourth-order valence-electron chi connectivity index (χ4n) is 2.66. The summed E-state index contributed by atoms with van der Waals surface area (Å²) in [4.78, 5) is 14.1. The number of rotatable bonds is 7. The highest BCUT2D eigenvalue weighted by molar-refractivity contribution is 5.78. The van der Waals surface area contributed by atoms with E-state index in [0.717, 1.165) is 44.7 Å². The van der Waals surface area contributed by atoms with Crippen molar-refractivity contribution in [2.24, 2.45) is 5.92 Å². The van der Waals surface area contributed by atoms with Gasteiger partial charge in [0.1, 0.15) is 5.82 Å². The third-order valence-corrected chi connectivity index (χ3v) is 4.03. The summed E-state index contributed by atoms with van der Waals surface area (Å²) in [6, 6.07) is 6.19. The molecule has 1 saturated heterocycles. The third kappa shape index (κ3) is 5.73. The number of amides is 1. The molecule has 0 atom stereocenters. The van der Waals surface area contributed by atoms with Crippen molar-refractivity contribution >= 4 is 5.91 Å². The molecule has 5 heteroatoms. The minimum absolute atomic E-state index is 0.0209. The molecule has 1 fully saturated rings. The van der Waals surface area contributed by atoms with Gasteiger partial charge in [-0.1, -0.05) is 12.1 Å². The molecule has 0 aliphatic carbocycles. The zero-order valence-corrected chi connectivity index (χ0v) is 13.2. The molecule has 1 aromatic rings. The van der Waals surface area contributed by atoms with Gasteiger partial charge in [0.25, 0.3) is 0 Å². The predicted molar refractivity (Wildman–Crippen MR) is 83.9 cm³/mol. The van der Waals surface area contributed by atoms with Gasteiger partial charge in [-0.3, -0.25) is 9.69 Å². The largest absolute Gasteiger partial charge is 0.381 e. The zero-order valence-electron chi connectivity index (χ0n) is 13.2. The molecule has 0 unspecified atom stereocenters. The highest BCUT2D eigenvalue weighted by Crippen LogP contribution is 2.17. The van der Waals surface area contributed by atoms with E-state index in [1.165, 1.54) is 12.1 Å². The molecule has 1 heterocycles. The number of halogens is 1. The van der Waals surface area contributed by atoms with E-state index >= 15 is 0 Å². The zero-order chi connectivity index (χ0) is 15.8. The van der Waals surface area contributed by atoms with Gasteiger partial charge in [0.15, 0.2) is 0 Å². The maximum atomic E-state index is 12.8. The normalized spacial score (nSPS) is 16.6. The van der Waals surface area contributed by atoms with Crippen molar-refractivity contribution in [2.45, 2.75) is 26.3 Å². The van der Waals surface area contributed by atoms with Crippen molar-refractivity contribution in [3.05, 3.63) is 35.6 Å². The summed E-state index contributed by atoms with van der Waals surface area (Å²) in [7, 11) is 0. The molecule has 122 valence electrons. The van der Waals surface area contributed by atoms with Crippen molar-refractivity contribution in [1.82, 2.24) is 10.2 Å². The Hall–Kier alpha value is -1.46. The monoisotopic (exact) mass is 308 g/mol. The molecular formula is C17H25FN2O2. The summed E-state index contributed by atoms with van der Waals surface area (Å²) in [5.41, 5.74) is 0.908. The first kappa shape index (κ1) is 16.9. The van der Waals surface area contributed by atoms with Gasteiger partial charge in [-0.05, 0) is 56.5 Å². The van der Waals surface area contributed by atoms with Crippen LogP contribution in [-0.4, -0.2) is 43.7 Å². The van der Waals surface area contributed by atoms with Gasteiger partial charge in [0.2, 0.25) is 5.91 Å². The van der Waals surface area contributed by atoms with Crippen LogP contribution >= 0.6 is 0 Å². The average molecular weight is 308 g/mol. The van der Waals surface area contributed by atoms with Gasteiger partial charge < -0.3 is 10.1 Å². The second kappa shape index (κ2) is 8.86. The SMILES string of the molecule is CCOCC1CCN(CC(=O)NCc2ccc(F)cc2)CC1. The molecular weight excluding hydrogens is 283 g/mol. The smallest absolute Gasteiger partial charge is 0.234 e. The first-order chi connectivity index (χ1) is 10.7. The molecule has 1 aromatic carbocycles. The number of carbonyl (C=O) groups is 1. The lowest BCUT2D eigenvalue weighted by Gasteiger charge is -2.31. The lowest BCUT2D eigenvalue weighted by Crippen LogP contribution is -2.42. The maximum absolute atomic E-state index is 12.8. The first-order valence-electron chi connectivity index (χ1n) is 7.98. The molecule has 0 bridgehead atoms. The van der Waals surface area contributed by atoms with Crippen LogP contribution in [0.3, 0.4) is 0 Å². The van der Waals surface area contributed by atoms with Crippen molar-refractivity contribution in [1.29, 1.82) is 0 Å². The molecule has 22 heavy (non-hydrogen) atoms. The molecule has 0 radical (unpaired) electrons. The van der Waals surface area contributed by atoms with Crippen LogP contribution < -0.4 is 5.32 Å². The van der Waals surface area contributed by atoms with E-state index in [2.05, 4.69) is 10.2 Å². The van der Waals surface area contributed by atoms with Gasteiger partial charge in [0.05, 0.1) is 6.54 Å². The average Bonchev–Trinajstić information content (AvgIpc) is 2.54. The number of ether oxygens (including phenoxy) is 1. The van der Waals surface area contributed by atoms with Crippen LogP contribution in [0, 0.1) is 11.7 Å². The van der Waals surface area contributed by atoms with E-state index in [9.17, 15) is 9.18 Å². The summed E-state index contributed by atoms with van der Waals surface area (Å²) in [5.74, 6) is 0.385. The Morgan fingerprint density at radius 2 is 2.00 bits per heavy atom. The Kier molecular flexibility index (Phi) is 6.80. The third-order valence-electron chi connectivity index (χ3n) is 4.03. The van der Waals surface area contributed by atoms with Crippen molar-refractivity contribution in [3.8, 4) is 0 Å². The molecule has 0 aromatic heterocycles. The van der Waals surface area contributed by atoms with Crippen molar-refractivity contribution in [3.63, 3.8) is 0 Å². The van der Waals surface area contributed by atoms with E-state index in [0.29, 0.717) is 19.0 Å². The number of likely N-dealkylation sites (tertiary alicyclic amines) is 1. The maximum Gasteiger partial charge on any atom is 0.234 e. The molecule has 4 nitrogen and oxygen atoms in total. The topological polar surface area (TPSA) is 41.6 Å². The Balaban J connectivity index is 1.64. The number of hydrogen-bond acceptors (Lipinski definition) is 3. The molecule has 1 aliphatic rings. The van der Waals surface area contributed by atoms with E-state index < -0.39 is 0 Å². The molecule has 1 amide bonds. The van der Waals surface area contributed by atoms with Crippen LogP contribution in [0.1, 0.15) is 25.3 Å². The lowest BCUT2D eigenvalue weighted by molar-refractivity contribution is -0.122. The highest BCUT2D eigenvalue weighted by atomic mass is 19.1. The minimum Gasteiger partial charge on any atom is -0.381 e. The van der Waals surface area contributed by atoms with Crippen molar-refractivity contribution < 1.29 is 13.9 Å². The molecule has 0 saturated carbocycles. The number of piperidine rings is 1. The van der Waals surface area contributed by atoms with Gasteiger partial charge >= 0.3 is 0 Å². The van der Waals surface area contributed by atoms with Gasteiger partial charge in [-0.25, -0.2) is 4.39 Å². The summed E-state index contributed by atoms with van der Waals surface area (Å²) in [6.45, 7) is 6.39. The summed E-state index contributed by atoms with van der Waals surface area (Å²) in [6.07, 6.45) is 2.18. The quantitative estimate of drug-likeness (QED) is 0.839. The minimum atomic E-state index is -0.259. The summed E-state index contributed by atoms with van der Waals surface area (Å²) >= 11 is 0. The fraction of sp³-hybridized carbons (Fsp3) is 0.588. The lowest BCUT2D eigenvalue weighted by atomic mass is 9.98. The van der Waals surface area contributed by atoms with Crippen LogP contribution in [-0.2, 0) is 16.1 Å². The summed E-state index contributed by atoms with van der Waals surface area (Å²) in [5, 5.41) is 2.88. The van der Waals surface area contributed by atoms with E-state index in [1.807, 2.05) is 6.92 Å². The predicted octanol–water partition coefficient (Wildman–Crippen LogP) is 2.19. The highest BCUT2D eigenvalue weighted by Gasteiger charge is 2.20. The van der Waals surface area contributed by atoms with E-state index in [-0.39, 0.29) is 11.7 Å². The first-order valence-corrected chi connectivity index (χ1v) is 7.98.